The van der Waals surface area contributed by atoms with Crippen LogP contribution in [0.2, 0.25) is 0 Å². The molecule has 0 saturated heterocycles. The Morgan fingerprint density at radius 1 is 0.700 bits per heavy atom. The smallest absolute Gasteiger partial charge is 0.132 e. The first-order valence-corrected chi connectivity index (χ1v) is 10.0. The molecular weight excluding hydrogens is 366 g/mol. The first-order chi connectivity index (χ1) is 14.7. The van der Waals surface area contributed by atoms with Crippen LogP contribution in [-0.2, 0) is 0 Å². The van der Waals surface area contributed by atoms with Gasteiger partial charge in [-0.3, -0.25) is 4.99 Å². The average molecular weight is 387 g/mol. The minimum atomic E-state index is 0.247. The Balaban J connectivity index is 1.73. The summed E-state index contributed by atoms with van der Waals surface area (Å²) in [5.41, 5.74) is 4.57. The molecule has 144 valence electrons. The largest absolute Gasteiger partial charge is 0.507 e. The lowest BCUT2D eigenvalue weighted by Crippen LogP contribution is -1.90. The summed E-state index contributed by atoms with van der Waals surface area (Å²) in [6, 6.07) is 32.7. The van der Waals surface area contributed by atoms with E-state index in [1.165, 1.54) is 0 Å². The summed E-state index contributed by atoms with van der Waals surface area (Å²) in [6.07, 6.45) is 1.74. The predicted molar refractivity (Wildman–Crippen MR) is 127 cm³/mol. The van der Waals surface area contributed by atoms with Crippen molar-refractivity contribution >= 4 is 33.4 Å². The van der Waals surface area contributed by atoms with E-state index in [2.05, 4.69) is 35.3 Å². The number of hydrogen-bond donors (Lipinski definition) is 1. The van der Waals surface area contributed by atoms with Crippen LogP contribution in [-0.4, -0.2) is 11.3 Å². The zero-order valence-electron chi connectivity index (χ0n) is 16.7. The SMILES string of the molecule is Cc1ccccc1N=Cc1cccc(-c2c3ccccc3cc3ccccc23)c1O. The molecule has 2 nitrogen and oxygen atoms in total. The Hall–Kier alpha value is -3.91. The molecule has 0 amide bonds. The fourth-order valence-electron chi connectivity index (χ4n) is 4.02. The Bertz CT molecular complexity index is 1360. The van der Waals surface area contributed by atoms with Crippen molar-refractivity contribution in [2.24, 2.45) is 4.99 Å². The van der Waals surface area contributed by atoms with E-state index in [1.807, 2.05) is 73.7 Å². The van der Waals surface area contributed by atoms with Crippen molar-refractivity contribution in [3.63, 3.8) is 0 Å². The molecule has 30 heavy (non-hydrogen) atoms. The molecule has 0 spiro atoms. The van der Waals surface area contributed by atoms with Crippen LogP contribution in [0.25, 0.3) is 32.7 Å². The molecule has 5 rings (SSSR count). The van der Waals surface area contributed by atoms with Crippen molar-refractivity contribution in [3.8, 4) is 16.9 Å². The third kappa shape index (κ3) is 3.13. The monoisotopic (exact) mass is 387 g/mol. The summed E-state index contributed by atoms with van der Waals surface area (Å²) < 4.78 is 0. The number of aromatic hydroxyl groups is 1. The summed E-state index contributed by atoms with van der Waals surface area (Å²) in [7, 11) is 0. The zero-order chi connectivity index (χ0) is 20.5. The Labute approximate surface area is 175 Å². The highest BCUT2D eigenvalue weighted by Gasteiger charge is 2.14. The highest BCUT2D eigenvalue weighted by Crippen LogP contribution is 2.41. The number of phenols is 1. The lowest BCUT2D eigenvalue weighted by molar-refractivity contribution is 0.476. The number of aryl methyl sites for hydroxylation is 1. The summed E-state index contributed by atoms with van der Waals surface area (Å²) in [4.78, 5) is 4.61. The van der Waals surface area contributed by atoms with E-state index < -0.39 is 0 Å². The fraction of sp³-hybridized carbons (Fsp3) is 0.0357. The van der Waals surface area contributed by atoms with Gasteiger partial charge in [0.1, 0.15) is 5.75 Å². The number of nitrogens with zero attached hydrogens (tertiary/aromatic N) is 1. The molecule has 0 aliphatic carbocycles. The second-order valence-corrected chi connectivity index (χ2v) is 7.48. The van der Waals surface area contributed by atoms with Gasteiger partial charge in [-0.2, -0.15) is 0 Å². The van der Waals surface area contributed by atoms with E-state index in [0.717, 1.165) is 43.9 Å². The van der Waals surface area contributed by atoms with Crippen molar-refractivity contribution in [2.75, 3.05) is 0 Å². The van der Waals surface area contributed by atoms with Gasteiger partial charge in [0.15, 0.2) is 0 Å². The number of para-hydroxylation sites is 2. The van der Waals surface area contributed by atoms with Gasteiger partial charge >= 0.3 is 0 Å². The third-order valence-electron chi connectivity index (χ3n) is 5.57. The van der Waals surface area contributed by atoms with Crippen molar-refractivity contribution in [1.82, 2.24) is 0 Å². The Kier molecular flexibility index (Phi) is 4.53. The second kappa shape index (κ2) is 7.49. The van der Waals surface area contributed by atoms with Crippen LogP contribution in [0.3, 0.4) is 0 Å². The van der Waals surface area contributed by atoms with E-state index in [-0.39, 0.29) is 5.75 Å². The molecule has 0 unspecified atom stereocenters. The Morgan fingerprint density at radius 3 is 2.03 bits per heavy atom. The summed E-state index contributed by atoms with van der Waals surface area (Å²) in [5.74, 6) is 0.247. The van der Waals surface area contributed by atoms with Gasteiger partial charge in [0.05, 0.1) is 5.69 Å². The molecule has 1 N–H and O–H groups in total. The average Bonchev–Trinajstić information content (AvgIpc) is 2.78. The van der Waals surface area contributed by atoms with E-state index in [4.69, 9.17) is 0 Å². The number of fused-ring (bicyclic) bond motifs is 2. The van der Waals surface area contributed by atoms with Crippen LogP contribution in [0.4, 0.5) is 5.69 Å². The molecule has 0 atom stereocenters. The van der Waals surface area contributed by atoms with E-state index in [0.29, 0.717) is 5.56 Å². The molecule has 0 saturated carbocycles. The summed E-state index contributed by atoms with van der Waals surface area (Å²) >= 11 is 0. The van der Waals surface area contributed by atoms with Crippen molar-refractivity contribution in [2.45, 2.75) is 6.92 Å². The van der Waals surface area contributed by atoms with Gasteiger partial charge in [0, 0.05) is 22.9 Å². The van der Waals surface area contributed by atoms with E-state index >= 15 is 0 Å². The van der Waals surface area contributed by atoms with Crippen molar-refractivity contribution in [1.29, 1.82) is 0 Å². The molecule has 5 aromatic rings. The van der Waals surface area contributed by atoms with Gasteiger partial charge < -0.3 is 5.11 Å². The number of aliphatic imine (C=N–C) groups is 1. The standard InChI is InChI=1S/C28H21NO/c1-19-9-2-7-16-26(19)29-18-22-12-8-15-25(28(22)30)27-23-13-5-3-10-20(23)17-21-11-4-6-14-24(21)27/h2-18,30H,1H3. The lowest BCUT2D eigenvalue weighted by Gasteiger charge is -2.14. The Morgan fingerprint density at radius 2 is 1.33 bits per heavy atom. The van der Waals surface area contributed by atoms with E-state index in [1.54, 1.807) is 6.21 Å². The van der Waals surface area contributed by atoms with Gasteiger partial charge in [-0.15, -0.1) is 0 Å². The number of benzene rings is 5. The van der Waals surface area contributed by atoms with Gasteiger partial charge in [-0.05, 0) is 52.2 Å². The number of phenolic OH excluding ortho intramolecular Hbond substituents is 1. The van der Waals surface area contributed by atoms with Crippen LogP contribution in [0.15, 0.2) is 102 Å². The fourth-order valence-corrected chi connectivity index (χ4v) is 4.02. The maximum Gasteiger partial charge on any atom is 0.132 e. The topological polar surface area (TPSA) is 32.6 Å². The highest BCUT2D eigenvalue weighted by molar-refractivity contribution is 6.14. The van der Waals surface area contributed by atoms with Gasteiger partial charge in [0.2, 0.25) is 0 Å². The first-order valence-electron chi connectivity index (χ1n) is 10.0. The molecule has 0 bridgehead atoms. The van der Waals surface area contributed by atoms with Crippen LogP contribution in [0.1, 0.15) is 11.1 Å². The predicted octanol–water partition coefficient (Wildman–Crippen LogP) is 7.42. The van der Waals surface area contributed by atoms with Crippen molar-refractivity contribution in [3.05, 3.63) is 108 Å². The lowest BCUT2D eigenvalue weighted by atomic mass is 9.91. The van der Waals surface area contributed by atoms with E-state index in [9.17, 15) is 5.11 Å². The van der Waals surface area contributed by atoms with Crippen molar-refractivity contribution < 1.29 is 5.11 Å². The van der Waals surface area contributed by atoms with Crippen LogP contribution < -0.4 is 0 Å². The molecule has 2 heteroatoms. The highest BCUT2D eigenvalue weighted by atomic mass is 16.3. The van der Waals surface area contributed by atoms with Gasteiger partial charge in [-0.1, -0.05) is 78.9 Å². The van der Waals surface area contributed by atoms with Crippen LogP contribution in [0.5, 0.6) is 5.75 Å². The van der Waals surface area contributed by atoms with Gasteiger partial charge in [0.25, 0.3) is 0 Å². The quantitative estimate of drug-likeness (QED) is 0.253. The molecule has 0 heterocycles. The number of rotatable bonds is 3. The minimum Gasteiger partial charge on any atom is -0.507 e. The first kappa shape index (κ1) is 18.1. The molecule has 5 aromatic carbocycles. The molecule has 0 aliphatic rings. The molecule has 0 aromatic heterocycles. The maximum absolute atomic E-state index is 11.2. The maximum atomic E-state index is 11.2. The molecule has 0 fully saturated rings. The third-order valence-corrected chi connectivity index (χ3v) is 5.57. The van der Waals surface area contributed by atoms with Crippen LogP contribution in [0, 0.1) is 6.92 Å². The zero-order valence-corrected chi connectivity index (χ0v) is 16.7. The normalized spacial score (nSPS) is 11.5. The second-order valence-electron chi connectivity index (χ2n) is 7.48. The summed E-state index contributed by atoms with van der Waals surface area (Å²) in [6.45, 7) is 2.03. The molecular formula is C28H21NO. The molecule has 0 radical (unpaired) electrons. The minimum absolute atomic E-state index is 0.247. The number of hydrogen-bond acceptors (Lipinski definition) is 2. The summed E-state index contributed by atoms with van der Waals surface area (Å²) in [5, 5.41) is 15.8. The molecule has 0 aliphatic heterocycles. The van der Waals surface area contributed by atoms with Crippen LogP contribution >= 0.6 is 0 Å². The van der Waals surface area contributed by atoms with Gasteiger partial charge in [-0.25, -0.2) is 0 Å².